The molecule has 0 unspecified atom stereocenters. The molecule has 43 valence electrons. The maximum absolute atomic E-state index is 5.28. The highest BCUT2D eigenvalue weighted by Gasteiger charge is 1.91. The lowest BCUT2D eigenvalue weighted by Gasteiger charge is -1.80. The van der Waals surface area contributed by atoms with Crippen molar-refractivity contribution in [3.8, 4) is 0 Å². The van der Waals surface area contributed by atoms with Crippen molar-refractivity contribution in [1.82, 2.24) is 4.98 Å². The van der Waals surface area contributed by atoms with Gasteiger partial charge in [-0.25, -0.2) is 4.98 Å². The molecule has 0 fully saturated rings. The Morgan fingerprint density at radius 2 is 2.62 bits per heavy atom. The van der Waals surface area contributed by atoms with Crippen LogP contribution in [0.2, 0.25) is 0 Å². The average Bonchev–Trinajstić information content (AvgIpc) is 2.14. The zero-order chi connectivity index (χ0) is 5.98. The molecule has 0 atom stereocenters. The summed E-state index contributed by atoms with van der Waals surface area (Å²) in [4.78, 5) is 4.01. The topological polar surface area (TPSA) is 38.9 Å². The van der Waals surface area contributed by atoms with Gasteiger partial charge in [-0.05, 0) is 0 Å². The summed E-state index contributed by atoms with van der Waals surface area (Å²) in [6, 6.07) is 0. The Hall–Kier alpha value is -0.410. The molecule has 3 heteroatoms. The maximum atomic E-state index is 5.28. The molecular formula is C5H7N2S. The van der Waals surface area contributed by atoms with Gasteiger partial charge < -0.3 is 5.73 Å². The Bertz CT molecular complexity index is 171. The Balaban J connectivity index is 2.84. The molecule has 2 N–H and O–H groups in total. The first-order valence-corrected chi connectivity index (χ1v) is 3.17. The van der Waals surface area contributed by atoms with E-state index >= 15 is 0 Å². The van der Waals surface area contributed by atoms with Crippen molar-refractivity contribution in [3.05, 3.63) is 23.0 Å². The first-order chi connectivity index (χ1) is 3.83. The van der Waals surface area contributed by atoms with Crippen LogP contribution in [0.3, 0.4) is 0 Å². The minimum absolute atomic E-state index is 0.520. The molecule has 0 saturated heterocycles. The van der Waals surface area contributed by atoms with E-state index in [4.69, 9.17) is 5.73 Å². The molecule has 1 heterocycles. The second-order valence-corrected chi connectivity index (χ2v) is 2.38. The van der Waals surface area contributed by atoms with Gasteiger partial charge in [0, 0.05) is 18.8 Å². The zero-order valence-electron chi connectivity index (χ0n) is 4.42. The second kappa shape index (κ2) is 2.24. The first kappa shape index (κ1) is 5.72. The van der Waals surface area contributed by atoms with Crippen LogP contribution in [0.1, 0.15) is 10.7 Å². The van der Waals surface area contributed by atoms with Gasteiger partial charge in [-0.2, -0.15) is 0 Å². The van der Waals surface area contributed by atoms with Gasteiger partial charge in [0.25, 0.3) is 0 Å². The van der Waals surface area contributed by atoms with Crippen molar-refractivity contribution in [3.63, 3.8) is 0 Å². The van der Waals surface area contributed by atoms with Crippen molar-refractivity contribution in [1.29, 1.82) is 0 Å². The molecule has 0 aliphatic heterocycles. The van der Waals surface area contributed by atoms with Gasteiger partial charge >= 0.3 is 0 Å². The predicted octanol–water partition coefficient (Wildman–Crippen LogP) is 0.784. The molecule has 0 aromatic carbocycles. The number of thiazole rings is 1. The molecular weight excluding hydrogens is 120 g/mol. The zero-order valence-corrected chi connectivity index (χ0v) is 5.24. The summed E-state index contributed by atoms with van der Waals surface area (Å²) in [6.07, 6.45) is 0. The molecule has 2 nitrogen and oxygen atoms in total. The molecule has 1 radical (unpaired) electrons. The Labute approximate surface area is 52.4 Å². The van der Waals surface area contributed by atoms with Crippen molar-refractivity contribution in [2.24, 2.45) is 5.73 Å². The molecule has 0 amide bonds. The Morgan fingerprint density at radius 1 is 1.88 bits per heavy atom. The van der Waals surface area contributed by atoms with Crippen LogP contribution in [-0.2, 0) is 6.54 Å². The van der Waals surface area contributed by atoms with E-state index in [0.29, 0.717) is 6.54 Å². The normalized spacial score (nSPS) is 9.75. The minimum atomic E-state index is 0.520. The van der Waals surface area contributed by atoms with Crippen LogP contribution >= 0.6 is 11.3 Å². The molecule has 1 rings (SSSR count). The third-order valence-corrected chi connectivity index (χ3v) is 1.56. The van der Waals surface area contributed by atoms with E-state index in [-0.39, 0.29) is 0 Å². The van der Waals surface area contributed by atoms with E-state index in [1.807, 2.05) is 5.38 Å². The van der Waals surface area contributed by atoms with Gasteiger partial charge in [0.05, 0.1) is 10.7 Å². The highest BCUT2D eigenvalue weighted by molar-refractivity contribution is 7.09. The smallest absolute Gasteiger partial charge is 0.0933 e. The largest absolute Gasteiger partial charge is 0.325 e. The lowest BCUT2D eigenvalue weighted by atomic mass is 10.5. The Morgan fingerprint density at radius 3 is 2.88 bits per heavy atom. The number of hydrogen-bond donors (Lipinski definition) is 1. The summed E-state index contributed by atoms with van der Waals surface area (Å²) in [7, 11) is 0. The highest BCUT2D eigenvalue weighted by Crippen LogP contribution is 2.05. The number of aromatic nitrogens is 1. The number of nitrogens with zero attached hydrogens (tertiary/aromatic N) is 1. The fraction of sp³-hybridized carbons (Fsp3) is 0.200. The van der Waals surface area contributed by atoms with E-state index in [1.165, 1.54) is 11.3 Å². The average molecular weight is 127 g/mol. The van der Waals surface area contributed by atoms with Gasteiger partial charge in [0.1, 0.15) is 0 Å². The van der Waals surface area contributed by atoms with Crippen LogP contribution in [0.25, 0.3) is 0 Å². The van der Waals surface area contributed by atoms with E-state index in [9.17, 15) is 0 Å². The standard InChI is InChI=1S/C5H7N2S/c1-4-7-5(2-6)3-8-4/h3H,1-2,6H2. The number of hydrogen-bond acceptors (Lipinski definition) is 3. The van der Waals surface area contributed by atoms with E-state index in [1.54, 1.807) is 0 Å². The Kier molecular flexibility index (Phi) is 1.60. The molecule has 0 spiro atoms. The van der Waals surface area contributed by atoms with Crippen LogP contribution in [0, 0.1) is 6.92 Å². The van der Waals surface area contributed by atoms with Gasteiger partial charge in [-0.3, -0.25) is 0 Å². The maximum Gasteiger partial charge on any atom is 0.0933 e. The summed E-state index contributed by atoms with van der Waals surface area (Å²) in [5.41, 5.74) is 6.21. The molecule has 0 aliphatic carbocycles. The van der Waals surface area contributed by atoms with Crippen LogP contribution in [0.15, 0.2) is 5.38 Å². The monoisotopic (exact) mass is 127 g/mol. The SMILES string of the molecule is [CH2]c1nc(CN)cs1. The van der Waals surface area contributed by atoms with Crippen LogP contribution < -0.4 is 5.73 Å². The number of rotatable bonds is 1. The molecule has 0 aliphatic rings. The van der Waals surface area contributed by atoms with Crippen LogP contribution in [-0.4, -0.2) is 4.98 Å². The lowest BCUT2D eigenvalue weighted by Crippen LogP contribution is -1.95. The van der Waals surface area contributed by atoms with Crippen LogP contribution in [0.4, 0.5) is 0 Å². The summed E-state index contributed by atoms with van der Waals surface area (Å²) in [5.74, 6) is 0. The van der Waals surface area contributed by atoms with Gasteiger partial charge in [-0.15, -0.1) is 11.3 Å². The van der Waals surface area contributed by atoms with Crippen molar-refractivity contribution in [2.75, 3.05) is 0 Å². The highest BCUT2D eigenvalue weighted by atomic mass is 32.1. The van der Waals surface area contributed by atoms with E-state index in [0.717, 1.165) is 10.7 Å². The second-order valence-electron chi connectivity index (χ2n) is 1.44. The third-order valence-electron chi connectivity index (χ3n) is 0.808. The van der Waals surface area contributed by atoms with Gasteiger partial charge in [-0.1, -0.05) is 0 Å². The minimum Gasteiger partial charge on any atom is -0.325 e. The van der Waals surface area contributed by atoms with E-state index in [2.05, 4.69) is 11.9 Å². The van der Waals surface area contributed by atoms with Crippen LogP contribution in [0.5, 0.6) is 0 Å². The summed E-state index contributed by atoms with van der Waals surface area (Å²) < 4.78 is 0. The first-order valence-electron chi connectivity index (χ1n) is 2.29. The molecule has 1 aromatic heterocycles. The number of nitrogens with two attached hydrogens (primary N) is 1. The van der Waals surface area contributed by atoms with Crippen molar-refractivity contribution >= 4 is 11.3 Å². The lowest BCUT2D eigenvalue weighted by molar-refractivity contribution is 1.01. The summed E-state index contributed by atoms with van der Waals surface area (Å²) in [6.45, 7) is 4.16. The molecule has 8 heavy (non-hydrogen) atoms. The summed E-state index contributed by atoms with van der Waals surface area (Å²) >= 11 is 1.53. The van der Waals surface area contributed by atoms with Crippen molar-refractivity contribution in [2.45, 2.75) is 6.54 Å². The quantitative estimate of drug-likeness (QED) is 0.605. The fourth-order valence-corrected chi connectivity index (χ4v) is 1.03. The third kappa shape index (κ3) is 1.05. The molecule has 0 bridgehead atoms. The molecule has 1 aromatic rings. The van der Waals surface area contributed by atoms with Crippen molar-refractivity contribution < 1.29 is 0 Å². The predicted molar refractivity (Wildman–Crippen MR) is 34.5 cm³/mol. The van der Waals surface area contributed by atoms with Gasteiger partial charge in [0.15, 0.2) is 0 Å². The summed E-state index contributed by atoms with van der Waals surface area (Å²) in [5, 5.41) is 2.76. The fourth-order valence-electron chi connectivity index (χ4n) is 0.443. The molecule has 0 saturated carbocycles. The van der Waals surface area contributed by atoms with E-state index < -0.39 is 0 Å². The van der Waals surface area contributed by atoms with Gasteiger partial charge in [0.2, 0.25) is 0 Å².